The summed E-state index contributed by atoms with van der Waals surface area (Å²) in [7, 11) is 0. The van der Waals surface area contributed by atoms with Crippen LogP contribution in [-0.2, 0) is 0 Å². The molecule has 1 N–H and O–H groups in total. The number of rotatable bonds is 3. The largest absolute Gasteiger partial charge is 0.314 e. The average molecular weight is 387 g/mol. The summed E-state index contributed by atoms with van der Waals surface area (Å²) in [6.45, 7) is 6.00. The van der Waals surface area contributed by atoms with E-state index in [0.717, 1.165) is 31.7 Å². The minimum Gasteiger partial charge on any atom is -0.314 e. The van der Waals surface area contributed by atoms with Gasteiger partial charge in [-0.15, -0.1) is 24.8 Å². The molecular formula is C12H18BrCl2N3O2. The van der Waals surface area contributed by atoms with Crippen molar-refractivity contribution in [2.24, 2.45) is 0 Å². The van der Waals surface area contributed by atoms with Crippen LogP contribution in [0.1, 0.15) is 18.5 Å². The van der Waals surface area contributed by atoms with Crippen LogP contribution < -0.4 is 5.32 Å². The van der Waals surface area contributed by atoms with Gasteiger partial charge < -0.3 is 5.32 Å². The van der Waals surface area contributed by atoms with Gasteiger partial charge in [-0.2, -0.15) is 0 Å². The van der Waals surface area contributed by atoms with Crippen molar-refractivity contribution in [2.75, 3.05) is 26.2 Å². The molecule has 1 aromatic carbocycles. The summed E-state index contributed by atoms with van der Waals surface area (Å²) in [5.74, 6) is 0. The van der Waals surface area contributed by atoms with Gasteiger partial charge in [0.05, 0.1) is 9.40 Å². The third-order valence-corrected chi connectivity index (χ3v) is 4.02. The summed E-state index contributed by atoms with van der Waals surface area (Å²) in [5, 5.41) is 14.2. The Labute approximate surface area is 139 Å². The van der Waals surface area contributed by atoms with Gasteiger partial charge in [-0.25, -0.2) is 0 Å². The van der Waals surface area contributed by atoms with Crippen molar-refractivity contribution in [2.45, 2.75) is 13.0 Å². The fourth-order valence-corrected chi connectivity index (χ4v) is 2.60. The molecule has 1 aliphatic rings. The Bertz CT molecular complexity index is 456. The van der Waals surface area contributed by atoms with Gasteiger partial charge in [0.25, 0.3) is 5.69 Å². The highest BCUT2D eigenvalue weighted by Gasteiger charge is 2.21. The molecule has 1 saturated heterocycles. The number of benzene rings is 1. The number of hydrogen-bond donors (Lipinski definition) is 1. The number of piperazine rings is 1. The van der Waals surface area contributed by atoms with E-state index in [4.69, 9.17) is 0 Å². The van der Waals surface area contributed by atoms with E-state index < -0.39 is 0 Å². The van der Waals surface area contributed by atoms with Crippen LogP contribution in [0, 0.1) is 10.1 Å². The molecule has 0 radical (unpaired) electrons. The molecule has 5 nitrogen and oxygen atoms in total. The number of nitrogens with one attached hydrogen (secondary N) is 1. The average Bonchev–Trinajstić information content (AvgIpc) is 2.39. The van der Waals surface area contributed by atoms with E-state index in [2.05, 4.69) is 33.1 Å². The molecule has 1 aliphatic heterocycles. The van der Waals surface area contributed by atoms with Crippen LogP contribution in [0.25, 0.3) is 0 Å². The lowest BCUT2D eigenvalue weighted by Gasteiger charge is -2.33. The number of nitro benzene ring substituents is 1. The van der Waals surface area contributed by atoms with Gasteiger partial charge >= 0.3 is 0 Å². The first-order valence-electron chi connectivity index (χ1n) is 5.98. The van der Waals surface area contributed by atoms with Crippen LogP contribution in [0.15, 0.2) is 22.7 Å². The van der Waals surface area contributed by atoms with Gasteiger partial charge in [-0.1, -0.05) is 6.07 Å². The quantitative estimate of drug-likeness (QED) is 0.640. The van der Waals surface area contributed by atoms with Crippen molar-refractivity contribution in [3.05, 3.63) is 38.3 Å². The molecule has 1 aromatic rings. The molecular weight excluding hydrogens is 369 g/mol. The monoisotopic (exact) mass is 385 g/mol. The SMILES string of the molecule is C[C@@H](c1ccc(Br)c([N+](=O)[O-])c1)N1CCNCC1.Cl.Cl. The molecule has 0 spiro atoms. The molecule has 1 heterocycles. The molecule has 0 aromatic heterocycles. The Morgan fingerprint density at radius 2 is 1.95 bits per heavy atom. The first-order valence-corrected chi connectivity index (χ1v) is 6.77. The van der Waals surface area contributed by atoms with Gasteiger partial charge in [0.2, 0.25) is 0 Å². The summed E-state index contributed by atoms with van der Waals surface area (Å²) in [6.07, 6.45) is 0. The van der Waals surface area contributed by atoms with Crippen molar-refractivity contribution >= 4 is 46.4 Å². The Morgan fingerprint density at radius 1 is 1.35 bits per heavy atom. The first kappa shape index (κ1) is 19.6. The van der Waals surface area contributed by atoms with Crippen molar-refractivity contribution in [3.8, 4) is 0 Å². The Kier molecular flexibility index (Phi) is 8.62. The number of nitro groups is 1. The highest BCUT2D eigenvalue weighted by atomic mass is 79.9. The highest BCUT2D eigenvalue weighted by Crippen LogP contribution is 2.30. The number of hydrogen-bond acceptors (Lipinski definition) is 4. The molecule has 0 amide bonds. The van der Waals surface area contributed by atoms with Crippen molar-refractivity contribution < 1.29 is 4.92 Å². The lowest BCUT2D eigenvalue weighted by molar-refractivity contribution is -0.385. The molecule has 20 heavy (non-hydrogen) atoms. The van der Waals surface area contributed by atoms with Crippen LogP contribution in [0.3, 0.4) is 0 Å². The van der Waals surface area contributed by atoms with E-state index in [-0.39, 0.29) is 41.5 Å². The van der Waals surface area contributed by atoms with Gasteiger partial charge in [-0.3, -0.25) is 15.0 Å². The topological polar surface area (TPSA) is 58.4 Å². The predicted octanol–water partition coefficient (Wildman–Crippen LogP) is 3.17. The summed E-state index contributed by atoms with van der Waals surface area (Å²) >= 11 is 3.21. The van der Waals surface area contributed by atoms with E-state index in [0.29, 0.717) is 4.47 Å². The lowest BCUT2D eigenvalue weighted by atomic mass is 10.1. The van der Waals surface area contributed by atoms with Crippen LogP contribution in [0.2, 0.25) is 0 Å². The minimum atomic E-state index is -0.349. The van der Waals surface area contributed by atoms with Crippen molar-refractivity contribution in [1.82, 2.24) is 10.2 Å². The zero-order chi connectivity index (χ0) is 13.1. The van der Waals surface area contributed by atoms with Crippen LogP contribution in [0.4, 0.5) is 5.69 Å². The summed E-state index contributed by atoms with van der Waals surface area (Å²) < 4.78 is 0.531. The maximum absolute atomic E-state index is 10.9. The van der Waals surface area contributed by atoms with Gasteiger partial charge in [0.1, 0.15) is 0 Å². The standard InChI is InChI=1S/C12H16BrN3O2.2ClH/c1-9(15-6-4-14-5-7-15)10-2-3-11(13)12(8-10)16(17)18;;/h2-3,8-9,14H,4-7H2,1H3;2*1H/t9-;;/m0../s1. The molecule has 0 aliphatic carbocycles. The predicted molar refractivity (Wildman–Crippen MR) is 88.2 cm³/mol. The third kappa shape index (κ3) is 4.56. The fraction of sp³-hybridized carbons (Fsp3) is 0.500. The van der Waals surface area contributed by atoms with Gasteiger partial charge in [-0.05, 0) is 34.5 Å². The second-order valence-electron chi connectivity index (χ2n) is 4.43. The van der Waals surface area contributed by atoms with E-state index in [1.165, 1.54) is 0 Å². The van der Waals surface area contributed by atoms with Crippen LogP contribution in [0.5, 0.6) is 0 Å². The number of halogens is 3. The Hall–Kier alpha value is -0.400. The zero-order valence-electron chi connectivity index (χ0n) is 11.0. The van der Waals surface area contributed by atoms with Crippen LogP contribution in [-0.4, -0.2) is 36.0 Å². The molecule has 1 fully saturated rings. The molecule has 0 unspecified atom stereocenters. The Balaban J connectivity index is 0.00000180. The second-order valence-corrected chi connectivity index (χ2v) is 5.28. The Morgan fingerprint density at radius 3 is 2.50 bits per heavy atom. The smallest absolute Gasteiger partial charge is 0.283 e. The lowest BCUT2D eigenvalue weighted by Crippen LogP contribution is -2.44. The molecule has 0 bridgehead atoms. The van der Waals surface area contributed by atoms with Crippen molar-refractivity contribution in [3.63, 3.8) is 0 Å². The van der Waals surface area contributed by atoms with E-state index in [1.54, 1.807) is 12.1 Å². The van der Waals surface area contributed by atoms with Gasteiger partial charge in [0, 0.05) is 38.3 Å². The number of nitrogens with zero attached hydrogens (tertiary/aromatic N) is 2. The normalized spacial score (nSPS) is 16.7. The minimum absolute atomic E-state index is 0. The molecule has 114 valence electrons. The molecule has 1 atom stereocenters. The molecule has 0 saturated carbocycles. The van der Waals surface area contributed by atoms with Crippen molar-refractivity contribution in [1.29, 1.82) is 0 Å². The van der Waals surface area contributed by atoms with E-state index >= 15 is 0 Å². The van der Waals surface area contributed by atoms with E-state index in [1.807, 2.05) is 6.07 Å². The highest BCUT2D eigenvalue weighted by molar-refractivity contribution is 9.10. The van der Waals surface area contributed by atoms with Gasteiger partial charge in [0.15, 0.2) is 0 Å². The maximum Gasteiger partial charge on any atom is 0.283 e. The third-order valence-electron chi connectivity index (χ3n) is 3.35. The fourth-order valence-electron chi connectivity index (χ4n) is 2.21. The zero-order valence-corrected chi connectivity index (χ0v) is 14.3. The summed E-state index contributed by atoms with van der Waals surface area (Å²) in [4.78, 5) is 12.9. The second kappa shape index (κ2) is 8.79. The van der Waals surface area contributed by atoms with Crippen LogP contribution >= 0.6 is 40.7 Å². The molecule has 2 rings (SSSR count). The van der Waals surface area contributed by atoms with E-state index in [9.17, 15) is 10.1 Å². The summed E-state index contributed by atoms with van der Waals surface area (Å²) in [6, 6.07) is 5.58. The molecule has 8 heteroatoms. The summed E-state index contributed by atoms with van der Waals surface area (Å²) in [5.41, 5.74) is 1.13. The maximum atomic E-state index is 10.9. The first-order chi connectivity index (χ1) is 8.59.